The van der Waals surface area contributed by atoms with Gasteiger partial charge in [-0.3, -0.25) is 0 Å². The van der Waals surface area contributed by atoms with Gasteiger partial charge in [0.25, 0.3) is 0 Å². The number of benzene rings is 1. The molecule has 1 saturated carbocycles. The first-order valence-corrected chi connectivity index (χ1v) is 5.72. The lowest BCUT2D eigenvalue weighted by molar-refractivity contribution is 0.390. The van der Waals surface area contributed by atoms with Crippen molar-refractivity contribution < 1.29 is 0 Å². The van der Waals surface area contributed by atoms with Crippen molar-refractivity contribution in [1.82, 2.24) is 0 Å². The minimum atomic E-state index is 0.162. The molecule has 0 amide bonds. The molecule has 1 aliphatic carbocycles. The van der Waals surface area contributed by atoms with Gasteiger partial charge in [0, 0.05) is 11.3 Å². The van der Waals surface area contributed by atoms with Gasteiger partial charge in [-0.25, -0.2) is 0 Å². The van der Waals surface area contributed by atoms with Crippen LogP contribution in [0.3, 0.4) is 0 Å². The molecule has 0 N–H and O–H groups in total. The van der Waals surface area contributed by atoms with Crippen LogP contribution in [0.4, 0.5) is 0 Å². The van der Waals surface area contributed by atoms with Gasteiger partial charge >= 0.3 is 0 Å². The summed E-state index contributed by atoms with van der Waals surface area (Å²) >= 11 is 0. The predicted octanol–water partition coefficient (Wildman–Crippen LogP) is 3.84. The quantitative estimate of drug-likeness (QED) is 0.647. The molecule has 0 nitrogen and oxygen atoms in total. The fourth-order valence-electron chi connectivity index (χ4n) is 2.68. The highest BCUT2D eigenvalue weighted by Gasteiger charge is 2.49. The largest absolute Gasteiger partial charge is 0.119 e. The van der Waals surface area contributed by atoms with Gasteiger partial charge in [-0.05, 0) is 24.3 Å². The highest BCUT2D eigenvalue weighted by molar-refractivity contribution is 5.31. The summed E-state index contributed by atoms with van der Waals surface area (Å²) in [5.74, 6) is 4.18. The first kappa shape index (κ1) is 10.3. The SMILES string of the molecule is C#CC1(C(c2ccccc2)C(C)C)CC1. The van der Waals surface area contributed by atoms with Crippen LogP contribution in [0.5, 0.6) is 0 Å². The summed E-state index contributed by atoms with van der Waals surface area (Å²) in [4.78, 5) is 0. The molecule has 0 aliphatic heterocycles. The zero-order valence-corrected chi connectivity index (χ0v) is 9.53. The molecule has 78 valence electrons. The van der Waals surface area contributed by atoms with Crippen LogP contribution in [-0.4, -0.2) is 0 Å². The van der Waals surface area contributed by atoms with Gasteiger partial charge in [-0.1, -0.05) is 50.1 Å². The van der Waals surface area contributed by atoms with Crippen molar-refractivity contribution in [3.63, 3.8) is 0 Å². The van der Waals surface area contributed by atoms with Gasteiger partial charge in [-0.15, -0.1) is 6.42 Å². The fourth-order valence-corrected chi connectivity index (χ4v) is 2.68. The number of terminal acetylenes is 1. The Hall–Kier alpha value is -1.22. The van der Waals surface area contributed by atoms with Crippen LogP contribution in [0, 0.1) is 23.7 Å². The molecule has 0 bridgehead atoms. The fraction of sp³-hybridized carbons (Fsp3) is 0.467. The zero-order chi connectivity index (χ0) is 10.9. The van der Waals surface area contributed by atoms with Gasteiger partial charge in [0.05, 0.1) is 0 Å². The van der Waals surface area contributed by atoms with Crippen LogP contribution in [0.25, 0.3) is 0 Å². The smallest absolute Gasteiger partial charge is 0.0384 e. The molecule has 0 aromatic heterocycles. The zero-order valence-electron chi connectivity index (χ0n) is 9.53. The minimum absolute atomic E-state index is 0.162. The van der Waals surface area contributed by atoms with E-state index in [0.29, 0.717) is 11.8 Å². The molecule has 0 saturated heterocycles. The lowest BCUT2D eigenvalue weighted by atomic mass is 9.76. The highest BCUT2D eigenvalue weighted by Crippen LogP contribution is 2.58. The van der Waals surface area contributed by atoms with E-state index in [-0.39, 0.29) is 5.41 Å². The molecule has 0 spiro atoms. The first-order valence-electron chi connectivity index (χ1n) is 5.72. The van der Waals surface area contributed by atoms with E-state index < -0.39 is 0 Å². The number of rotatable bonds is 3. The molecular formula is C15H18. The molecule has 0 heterocycles. The second-order valence-corrected chi connectivity index (χ2v) is 4.93. The third-order valence-corrected chi connectivity index (χ3v) is 3.50. The second-order valence-electron chi connectivity index (χ2n) is 4.93. The number of hydrogen-bond acceptors (Lipinski definition) is 0. The van der Waals surface area contributed by atoms with Crippen LogP contribution >= 0.6 is 0 Å². The summed E-state index contributed by atoms with van der Waals surface area (Å²) in [6.07, 6.45) is 8.09. The third kappa shape index (κ3) is 1.79. The maximum absolute atomic E-state index is 5.69. The third-order valence-electron chi connectivity index (χ3n) is 3.50. The Kier molecular flexibility index (Phi) is 2.57. The molecule has 0 radical (unpaired) electrons. The van der Waals surface area contributed by atoms with E-state index in [1.165, 1.54) is 18.4 Å². The molecule has 1 unspecified atom stereocenters. The Morgan fingerprint density at radius 1 is 1.20 bits per heavy atom. The average molecular weight is 198 g/mol. The van der Waals surface area contributed by atoms with Crippen molar-refractivity contribution in [2.75, 3.05) is 0 Å². The van der Waals surface area contributed by atoms with Gasteiger partial charge in [0.2, 0.25) is 0 Å². The topological polar surface area (TPSA) is 0 Å². The molecule has 1 aromatic carbocycles. The molecule has 1 atom stereocenters. The summed E-state index contributed by atoms with van der Waals surface area (Å²) in [6, 6.07) is 10.7. The van der Waals surface area contributed by atoms with Gasteiger partial charge in [0.1, 0.15) is 0 Å². The van der Waals surface area contributed by atoms with E-state index in [1.807, 2.05) is 0 Å². The van der Waals surface area contributed by atoms with Crippen molar-refractivity contribution in [3.8, 4) is 12.3 Å². The average Bonchev–Trinajstić information content (AvgIpc) is 3.00. The maximum Gasteiger partial charge on any atom is 0.0384 e. The summed E-state index contributed by atoms with van der Waals surface area (Å²) in [6.45, 7) is 4.55. The van der Waals surface area contributed by atoms with Crippen molar-refractivity contribution in [1.29, 1.82) is 0 Å². The Morgan fingerprint density at radius 3 is 2.20 bits per heavy atom. The molecule has 15 heavy (non-hydrogen) atoms. The summed E-state index contributed by atoms with van der Waals surface area (Å²) in [5, 5.41) is 0. The van der Waals surface area contributed by atoms with Crippen LogP contribution < -0.4 is 0 Å². The van der Waals surface area contributed by atoms with Crippen LogP contribution in [-0.2, 0) is 0 Å². The van der Waals surface area contributed by atoms with E-state index in [9.17, 15) is 0 Å². The monoisotopic (exact) mass is 198 g/mol. The first-order chi connectivity index (χ1) is 7.19. The molecular weight excluding hydrogens is 180 g/mol. The molecule has 0 heteroatoms. The lowest BCUT2D eigenvalue weighted by Gasteiger charge is -2.27. The molecule has 1 fully saturated rings. The Bertz CT molecular complexity index is 363. The normalized spacial score (nSPS) is 19.6. The van der Waals surface area contributed by atoms with Crippen LogP contribution in [0.2, 0.25) is 0 Å². The highest BCUT2D eigenvalue weighted by atomic mass is 14.5. The number of hydrogen-bond donors (Lipinski definition) is 0. The van der Waals surface area contributed by atoms with E-state index in [4.69, 9.17) is 6.42 Å². The van der Waals surface area contributed by atoms with E-state index in [0.717, 1.165) is 0 Å². The van der Waals surface area contributed by atoms with Crippen molar-refractivity contribution >= 4 is 0 Å². The summed E-state index contributed by atoms with van der Waals surface area (Å²) < 4.78 is 0. The summed E-state index contributed by atoms with van der Waals surface area (Å²) in [7, 11) is 0. The van der Waals surface area contributed by atoms with Gasteiger partial charge < -0.3 is 0 Å². The van der Waals surface area contributed by atoms with Crippen LogP contribution in [0.1, 0.15) is 38.2 Å². The van der Waals surface area contributed by atoms with Crippen molar-refractivity contribution in [2.24, 2.45) is 11.3 Å². The van der Waals surface area contributed by atoms with Gasteiger partial charge in [-0.2, -0.15) is 0 Å². The van der Waals surface area contributed by atoms with Gasteiger partial charge in [0.15, 0.2) is 0 Å². The lowest BCUT2D eigenvalue weighted by Crippen LogP contribution is -2.18. The second kappa shape index (κ2) is 3.74. The van der Waals surface area contributed by atoms with E-state index >= 15 is 0 Å². The Morgan fingerprint density at radius 2 is 1.80 bits per heavy atom. The van der Waals surface area contributed by atoms with Crippen LogP contribution in [0.15, 0.2) is 30.3 Å². The molecule has 1 aromatic rings. The maximum atomic E-state index is 5.69. The minimum Gasteiger partial charge on any atom is -0.119 e. The van der Waals surface area contributed by atoms with E-state index in [1.54, 1.807) is 0 Å². The predicted molar refractivity (Wildman–Crippen MR) is 64.5 cm³/mol. The Labute approximate surface area is 92.7 Å². The Balaban J connectivity index is 2.34. The van der Waals surface area contributed by atoms with E-state index in [2.05, 4.69) is 50.1 Å². The standard InChI is InChI=1S/C15H18/c1-4-15(10-11-15)14(12(2)3)13-8-6-5-7-9-13/h1,5-9,12,14H,10-11H2,2-3H3. The molecule has 2 rings (SSSR count). The molecule has 1 aliphatic rings. The van der Waals surface area contributed by atoms with Crippen molar-refractivity contribution in [2.45, 2.75) is 32.6 Å². The summed E-state index contributed by atoms with van der Waals surface area (Å²) in [5.41, 5.74) is 1.57. The van der Waals surface area contributed by atoms with Crippen molar-refractivity contribution in [3.05, 3.63) is 35.9 Å².